The normalized spacial score (nSPS) is 18.6. The van der Waals surface area contributed by atoms with Crippen LogP contribution in [0.1, 0.15) is 49.2 Å². The Balaban J connectivity index is 1.56. The molecule has 1 aliphatic heterocycles. The number of hydrogen-bond donors (Lipinski definition) is 0. The fourth-order valence-corrected chi connectivity index (χ4v) is 3.80. The van der Waals surface area contributed by atoms with E-state index in [2.05, 4.69) is 10.3 Å². The van der Waals surface area contributed by atoms with Crippen molar-refractivity contribution in [1.29, 1.82) is 0 Å². The van der Waals surface area contributed by atoms with Crippen molar-refractivity contribution in [2.24, 2.45) is 0 Å². The number of likely N-dealkylation sites (tertiary alicyclic amines) is 1. The van der Waals surface area contributed by atoms with Crippen LogP contribution in [-0.2, 0) is 9.47 Å². The largest absolute Gasteiger partial charge is 0.456 e. The van der Waals surface area contributed by atoms with Crippen molar-refractivity contribution in [2.45, 2.75) is 44.8 Å². The van der Waals surface area contributed by atoms with Gasteiger partial charge in [0.2, 0.25) is 0 Å². The molecule has 1 aromatic heterocycles. The third kappa shape index (κ3) is 5.58. The van der Waals surface area contributed by atoms with E-state index < -0.39 is 23.8 Å². The molecule has 33 heavy (non-hydrogen) atoms. The van der Waals surface area contributed by atoms with Gasteiger partial charge < -0.3 is 14.4 Å². The van der Waals surface area contributed by atoms with Crippen LogP contribution < -0.4 is 0 Å². The Labute approximate surface area is 193 Å². The maximum Gasteiger partial charge on any atom is 0.410 e. The van der Waals surface area contributed by atoms with E-state index >= 15 is 0 Å². The van der Waals surface area contributed by atoms with Crippen molar-refractivity contribution in [3.63, 3.8) is 0 Å². The lowest BCUT2D eigenvalue weighted by Gasteiger charge is -2.37. The zero-order valence-corrected chi connectivity index (χ0v) is 19.0. The third-order valence-electron chi connectivity index (χ3n) is 5.39. The molecule has 2 aromatic carbocycles. The molecule has 4 rings (SSSR count). The first-order valence-electron chi connectivity index (χ1n) is 11.0. The highest BCUT2D eigenvalue weighted by Gasteiger charge is 2.38. The standard InChI is InChI=1S/C25H28N4O4/c1-25(2,3)33-24(31)28-15-14-20(21-16-29(27-26-21)19-12-8-5-9-13-19)22(17-28)32-23(30)18-10-6-4-7-11-18/h4-13,16,20,22H,14-15,17H2,1-3H3/t20-,22+/m0/s1. The number of carbonyl (C=O) groups excluding carboxylic acids is 2. The van der Waals surface area contributed by atoms with Gasteiger partial charge in [0.05, 0.1) is 29.7 Å². The number of rotatable bonds is 4. The summed E-state index contributed by atoms with van der Waals surface area (Å²) in [4.78, 5) is 27.1. The molecule has 0 bridgehead atoms. The van der Waals surface area contributed by atoms with Crippen LogP contribution >= 0.6 is 0 Å². The fourth-order valence-electron chi connectivity index (χ4n) is 3.80. The molecule has 8 heteroatoms. The van der Waals surface area contributed by atoms with E-state index in [1.807, 2.05) is 63.4 Å². The molecule has 8 nitrogen and oxygen atoms in total. The first-order chi connectivity index (χ1) is 15.8. The predicted octanol–water partition coefficient (Wildman–Crippen LogP) is 4.22. The van der Waals surface area contributed by atoms with Gasteiger partial charge in [-0.15, -0.1) is 5.10 Å². The van der Waals surface area contributed by atoms with Crippen LogP contribution in [0.4, 0.5) is 4.79 Å². The van der Waals surface area contributed by atoms with Gasteiger partial charge >= 0.3 is 12.1 Å². The number of ether oxygens (including phenoxy) is 2. The average Bonchev–Trinajstić information content (AvgIpc) is 3.29. The third-order valence-corrected chi connectivity index (χ3v) is 5.39. The number of esters is 1. The van der Waals surface area contributed by atoms with Gasteiger partial charge in [-0.3, -0.25) is 0 Å². The van der Waals surface area contributed by atoms with Crippen LogP contribution in [0.3, 0.4) is 0 Å². The van der Waals surface area contributed by atoms with Gasteiger partial charge in [0.15, 0.2) is 0 Å². The Morgan fingerprint density at radius 3 is 2.33 bits per heavy atom. The number of hydrogen-bond acceptors (Lipinski definition) is 6. The average molecular weight is 449 g/mol. The Kier molecular flexibility index (Phi) is 6.44. The summed E-state index contributed by atoms with van der Waals surface area (Å²) in [6.45, 7) is 6.17. The smallest absolute Gasteiger partial charge is 0.410 e. The number of piperidine rings is 1. The Bertz CT molecular complexity index is 1090. The van der Waals surface area contributed by atoms with Gasteiger partial charge in [0.1, 0.15) is 11.7 Å². The molecule has 0 aliphatic carbocycles. The van der Waals surface area contributed by atoms with Crippen molar-refractivity contribution in [3.8, 4) is 5.69 Å². The molecule has 2 heterocycles. The van der Waals surface area contributed by atoms with Crippen molar-refractivity contribution >= 4 is 12.1 Å². The zero-order valence-electron chi connectivity index (χ0n) is 19.0. The number of carbonyl (C=O) groups is 2. The lowest BCUT2D eigenvalue weighted by Crippen LogP contribution is -2.49. The highest BCUT2D eigenvalue weighted by Crippen LogP contribution is 2.31. The van der Waals surface area contributed by atoms with E-state index in [9.17, 15) is 9.59 Å². The predicted molar refractivity (Wildman–Crippen MR) is 122 cm³/mol. The second-order valence-corrected chi connectivity index (χ2v) is 9.05. The van der Waals surface area contributed by atoms with Crippen LogP contribution in [0.25, 0.3) is 5.69 Å². The van der Waals surface area contributed by atoms with E-state index in [0.717, 1.165) is 5.69 Å². The summed E-state index contributed by atoms with van der Waals surface area (Å²) in [5.41, 5.74) is 1.45. The van der Waals surface area contributed by atoms with Crippen LogP contribution in [0, 0.1) is 0 Å². The summed E-state index contributed by atoms with van der Waals surface area (Å²) in [5.74, 6) is -0.638. The number of para-hydroxylation sites is 1. The number of aromatic nitrogens is 3. The van der Waals surface area contributed by atoms with Gasteiger partial charge in [0, 0.05) is 12.5 Å². The van der Waals surface area contributed by atoms with Crippen molar-refractivity contribution < 1.29 is 19.1 Å². The Morgan fingerprint density at radius 2 is 1.67 bits per heavy atom. The molecule has 0 radical (unpaired) electrons. The topological polar surface area (TPSA) is 86.6 Å². The van der Waals surface area contributed by atoms with Crippen LogP contribution in [-0.4, -0.2) is 56.8 Å². The number of amides is 1. The van der Waals surface area contributed by atoms with Crippen LogP contribution in [0.5, 0.6) is 0 Å². The van der Waals surface area contributed by atoms with E-state index in [-0.39, 0.29) is 12.5 Å². The summed E-state index contributed by atoms with van der Waals surface area (Å²) >= 11 is 0. The van der Waals surface area contributed by atoms with Gasteiger partial charge in [-0.25, -0.2) is 14.3 Å². The van der Waals surface area contributed by atoms with E-state index in [0.29, 0.717) is 24.2 Å². The highest BCUT2D eigenvalue weighted by molar-refractivity contribution is 5.89. The summed E-state index contributed by atoms with van der Waals surface area (Å²) in [5, 5.41) is 8.62. The van der Waals surface area contributed by atoms with Crippen molar-refractivity contribution in [2.75, 3.05) is 13.1 Å². The van der Waals surface area contributed by atoms with Crippen molar-refractivity contribution in [3.05, 3.63) is 78.1 Å². The Hall–Kier alpha value is -3.68. The minimum atomic E-state index is -0.609. The Morgan fingerprint density at radius 1 is 1.00 bits per heavy atom. The summed E-state index contributed by atoms with van der Waals surface area (Å²) in [6, 6.07) is 18.5. The maximum absolute atomic E-state index is 12.8. The molecule has 172 valence electrons. The molecular formula is C25H28N4O4. The molecule has 0 saturated carbocycles. The van der Waals surface area contributed by atoms with Crippen LogP contribution in [0.2, 0.25) is 0 Å². The highest BCUT2D eigenvalue weighted by atomic mass is 16.6. The summed E-state index contributed by atoms with van der Waals surface area (Å²) < 4.78 is 13.1. The SMILES string of the molecule is CC(C)(C)OC(=O)N1CC[C@@H](c2cn(-c3ccccc3)nn2)[C@H](OC(=O)c2ccccc2)C1. The van der Waals surface area contributed by atoms with Gasteiger partial charge in [-0.1, -0.05) is 41.6 Å². The van der Waals surface area contributed by atoms with Gasteiger partial charge in [-0.2, -0.15) is 0 Å². The molecule has 0 unspecified atom stereocenters. The van der Waals surface area contributed by atoms with Crippen molar-refractivity contribution in [1.82, 2.24) is 19.9 Å². The minimum Gasteiger partial charge on any atom is -0.456 e. The molecule has 1 aliphatic rings. The number of nitrogens with zero attached hydrogens (tertiary/aromatic N) is 4. The van der Waals surface area contributed by atoms with E-state index in [4.69, 9.17) is 9.47 Å². The maximum atomic E-state index is 12.8. The summed E-state index contributed by atoms with van der Waals surface area (Å²) in [6.07, 6.45) is 1.42. The quantitative estimate of drug-likeness (QED) is 0.556. The van der Waals surface area contributed by atoms with E-state index in [1.165, 1.54) is 0 Å². The number of benzene rings is 2. The van der Waals surface area contributed by atoms with Crippen LogP contribution in [0.15, 0.2) is 66.9 Å². The van der Waals surface area contributed by atoms with Gasteiger partial charge in [-0.05, 0) is 51.5 Å². The second kappa shape index (κ2) is 9.44. The molecule has 0 N–H and O–H groups in total. The lowest BCUT2D eigenvalue weighted by atomic mass is 9.91. The first-order valence-corrected chi connectivity index (χ1v) is 11.0. The molecular weight excluding hydrogens is 420 g/mol. The lowest BCUT2D eigenvalue weighted by molar-refractivity contribution is -0.0186. The monoisotopic (exact) mass is 448 g/mol. The molecule has 0 spiro atoms. The summed E-state index contributed by atoms with van der Waals surface area (Å²) in [7, 11) is 0. The molecule has 1 amide bonds. The minimum absolute atomic E-state index is 0.200. The van der Waals surface area contributed by atoms with E-state index in [1.54, 1.807) is 33.8 Å². The second-order valence-electron chi connectivity index (χ2n) is 9.05. The zero-order chi connectivity index (χ0) is 23.4. The van der Waals surface area contributed by atoms with Gasteiger partial charge in [0.25, 0.3) is 0 Å². The molecule has 1 fully saturated rings. The molecule has 1 saturated heterocycles. The molecule has 2 atom stereocenters. The molecule has 3 aromatic rings. The first kappa shape index (κ1) is 22.5. The fraction of sp³-hybridized carbons (Fsp3) is 0.360.